The highest BCUT2D eigenvalue weighted by Crippen LogP contribution is 2.13. The van der Waals surface area contributed by atoms with Crippen LogP contribution in [-0.2, 0) is 16.0 Å². The van der Waals surface area contributed by atoms with Crippen molar-refractivity contribution >= 4 is 0 Å². The van der Waals surface area contributed by atoms with Crippen molar-refractivity contribution in [3.63, 3.8) is 0 Å². The average Bonchev–Trinajstić information content (AvgIpc) is 2.61. The Morgan fingerprint density at radius 3 is 2.56 bits per heavy atom. The number of piperidine rings is 1. The largest absolute Gasteiger partial charge is 0.389 e. The van der Waals surface area contributed by atoms with Crippen LogP contribution in [0.1, 0.15) is 32.3 Å². The first-order chi connectivity index (χ1) is 12.1. The standard InChI is InChI=1S/C20H34N2O3/c1-17(2)25-13-12-24-16-20(23)14-21-19-8-10-22(11-9-19)15-18-6-4-3-5-7-18/h3-7,17,19-21,23H,8-16H2,1-2H3. The molecule has 2 N–H and O–H groups in total. The van der Waals surface area contributed by atoms with Gasteiger partial charge in [0, 0.05) is 19.1 Å². The van der Waals surface area contributed by atoms with Crippen molar-refractivity contribution < 1.29 is 14.6 Å². The molecular weight excluding hydrogens is 316 g/mol. The van der Waals surface area contributed by atoms with Gasteiger partial charge in [-0.1, -0.05) is 30.3 Å². The highest BCUT2D eigenvalue weighted by atomic mass is 16.5. The molecule has 1 unspecified atom stereocenters. The van der Waals surface area contributed by atoms with Gasteiger partial charge in [0.2, 0.25) is 0 Å². The lowest BCUT2D eigenvalue weighted by molar-refractivity contribution is -0.0109. The number of aliphatic hydroxyl groups excluding tert-OH is 1. The molecule has 0 bridgehead atoms. The number of benzene rings is 1. The molecule has 0 aliphatic carbocycles. The zero-order chi connectivity index (χ0) is 17.9. The summed E-state index contributed by atoms with van der Waals surface area (Å²) in [4.78, 5) is 2.50. The van der Waals surface area contributed by atoms with Crippen LogP contribution in [-0.4, -0.2) is 67.7 Å². The van der Waals surface area contributed by atoms with Crippen LogP contribution in [0.4, 0.5) is 0 Å². The van der Waals surface area contributed by atoms with E-state index in [0.29, 0.717) is 32.4 Å². The Bertz CT molecular complexity index is 448. The number of ether oxygens (including phenoxy) is 2. The Labute approximate surface area is 152 Å². The number of hydrogen-bond acceptors (Lipinski definition) is 5. The van der Waals surface area contributed by atoms with E-state index in [4.69, 9.17) is 9.47 Å². The maximum atomic E-state index is 10.00. The Morgan fingerprint density at radius 2 is 1.88 bits per heavy atom. The van der Waals surface area contributed by atoms with E-state index >= 15 is 0 Å². The van der Waals surface area contributed by atoms with E-state index in [9.17, 15) is 5.11 Å². The fraction of sp³-hybridized carbons (Fsp3) is 0.700. The number of aliphatic hydroxyl groups is 1. The Kier molecular flexibility index (Phi) is 9.43. The van der Waals surface area contributed by atoms with Gasteiger partial charge in [0.1, 0.15) is 0 Å². The maximum Gasteiger partial charge on any atom is 0.0897 e. The molecule has 0 radical (unpaired) electrons. The Morgan fingerprint density at radius 1 is 1.16 bits per heavy atom. The molecule has 1 atom stereocenters. The molecule has 1 aliphatic rings. The highest BCUT2D eigenvalue weighted by Gasteiger charge is 2.19. The molecule has 0 amide bonds. The maximum absolute atomic E-state index is 10.00. The second kappa shape index (κ2) is 11.6. The van der Waals surface area contributed by atoms with Crippen molar-refractivity contribution in [1.29, 1.82) is 0 Å². The van der Waals surface area contributed by atoms with Crippen LogP contribution in [0, 0.1) is 0 Å². The smallest absolute Gasteiger partial charge is 0.0897 e. The third-order valence-corrected chi connectivity index (χ3v) is 4.47. The highest BCUT2D eigenvalue weighted by molar-refractivity contribution is 5.14. The van der Waals surface area contributed by atoms with Gasteiger partial charge in [-0.25, -0.2) is 0 Å². The minimum absolute atomic E-state index is 0.225. The summed E-state index contributed by atoms with van der Waals surface area (Å²) >= 11 is 0. The molecule has 5 nitrogen and oxygen atoms in total. The number of likely N-dealkylation sites (tertiary alicyclic amines) is 1. The van der Waals surface area contributed by atoms with Gasteiger partial charge in [-0.3, -0.25) is 4.90 Å². The Balaban J connectivity index is 1.51. The molecule has 0 spiro atoms. The van der Waals surface area contributed by atoms with Gasteiger partial charge in [0.05, 0.1) is 32.0 Å². The molecule has 1 fully saturated rings. The second-order valence-electron chi connectivity index (χ2n) is 7.09. The summed E-state index contributed by atoms with van der Waals surface area (Å²) in [5.41, 5.74) is 1.38. The van der Waals surface area contributed by atoms with E-state index in [1.165, 1.54) is 5.56 Å². The molecule has 25 heavy (non-hydrogen) atoms. The fourth-order valence-electron chi connectivity index (χ4n) is 3.06. The molecule has 1 heterocycles. The van der Waals surface area contributed by atoms with Crippen molar-refractivity contribution in [3.8, 4) is 0 Å². The van der Waals surface area contributed by atoms with Crippen molar-refractivity contribution in [1.82, 2.24) is 10.2 Å². The molecule has 1 saturated heterocycles. The third-order valence-electron chi connectivity index (χ3n) is 4.47. The van der Waals surface area contributed by atoms with Crippen molar-refractivity contribution in [2.24, 2.45) is 0 Å². The topological polar surface area (TPSA) is 54.0 Å². The summed E-state index contributed by atoms with van der Waals surface area (Å²) in [5.74, 6) is 0. The molecule has 142 valence electrons. The van der Waals surface area contributed by atoms with Crippen LogP contribution in [0.15, 0.2) is 30.3 Å². The van der Waals surface area contributed by atoms with E-state index in [-0.39, 0.29) is 6.10 Å². The zero-order valence-electron chi connectivity index (χ0n) is 15.7. The van der Waals surface area contributed by atoms with E-state index in [1.807, 2.05) is 13.8 Å². The zero-order valence-corrected chi connectivity index (χ0v) is 15.7. The van der Waals surface area contributed by atoms with Gasteiger partial charge >= 0.3 is 0 Å². The van der Waals surface area contributed by atoms with Crippen LogP contribution in [0.25, 0.3) is 0 Å². The second-order valence-corrected chi connectivity index (χ2v) is 7.09. The quantitative estimate of drug-likeness (QED) is 0.598. The predicted octanol–water partition coefficient (Wildman–Crippen LogP) is 2.04. The lowest BCUT2D eigenvalue weighted by Crippen LogP contribution is -2.45. The Hall–Kier alpha value is -0.980. The van der Waals surface area contributed by atoms with Crippen molar-refractivity contribution in [3.05, 3.63) is 35.9 Å². The minimum Gasteiger partial charge on any atom is -0.389 e. The molecule has 0 aromatic heterocycles. The van der Waals surface area contributed by atoms with Crippen LogP contribution in [0.3, 0.4) is 0 Å². The van der Waals surface area contributed by atoms with Gasteiger partial charge in [0.25, 0.3) is 0 Å². The van der Waals surface area contributed by atoms with E-state index in [0.717, 1.165) is 32.5 Å². The SMILES string of the molecule is CC(C)OCCOCC(O)CNC1CCN(Cc2ccccc2)CC1. The van der Waals surface area contributed by atoms with Crippen molar-refractivity contribution in [2.45, 2.75) is 51.5 Å². The molecular formula is C20H34N2O3. The number of rotatable bonds is 11. The molecule has 1 aliphatic heterocycles. The normalized spacial score (nSPS) is 17.9. The first-order valence-electron chi connectivity index (χ1n) is 9.50. The van der Waals surface area contributed by atoms with Crippen LogP contribution in [0.5, 0.6) is 0 Å². The lowest BCUT2D eigenvalue weighted by atomic mass is 10.0. The van der Waals surface area contributed by atoms with Gasteiger partial charge < -0.3 is 19.9 Å². The van der Waals surface area contributed by atoms with Crippen LogP contribution < -0.4 is 5.32 Å². The molecule has 0 saturated carbocycles. The molecule has 1 aromatic carbocycles. The number of nitrogens with one attached hydrogen (secondary N) is 1. The van der Waals surface area contributed by atoms with Gasteiger partial charge in [0.15, 0.2) is 0 Å². The van der Waals surface area contributed by atoms with Crippen LogP contribution >= 0.6 is 0 Å². The molecule has 2 rings (SSSR count). The van der Waals surface area contributed by atoms with Gasteiger partial charge in [-0.15, -0.1) is 0 Å². The summed E-state index contributed by atoms with van der Waals surface area (Å²) < 4.78 is 10.9. The third kappa shape index (κ3) is 8.79. The van der Waals surface area contributed by atoms with E-state index in [1.54, 1.807) is 0 Å². The fourth-order valence-corrected chi connectivity index (χ4v) is 3.06. The monoisotopic (exact) mass is 350 g/mol. The van der Waals surface area contributed by atoms with Gasteiger partial charge in [-0.2, -0.15) is 0 Å². The predicted molar refractivity (Wildman–Crippen MR) is 101 cm³/mol. The van der Waals surface area contributed by atoms with Crippen LogP contribution in [0.2, 0.25) is 0 Å². The lowest BCUT2D eigenvalue weighted by Gasteiger charge is -2.33. The first-order valence-corrected chi connectivity index (χ1v) is 9.50. The van der Waals surface area contributed by atoms with Crippen molar-refractivity contribution in [2.75, 3.05) is 39.5 Å². The summed E-state index contributed by atoms with van der Waals surface area (Å²) in [6.07, 6.45) is 2.02. The summed E-state index contributed by atoms with van der Waals surface area (Å²) in [5, 5.41) is 13.5. The first kappa shape index (κ1) is 20.3. The minimum atomic E-state index is -0.457. The van der Waals surface area contributed by atoms with Gasteiger partial charge in [-0.05, 0) is 45.3 Å². The number of hydrogen-bond donors (Lipinski definition) is 2. The summed E-state index contributed by atoms with van der Waals surface area (Å²) in [6.45, 7) is 9.31. The average molecular weight is 351 g/mol. The van der Waals surface area contributed by atoms with E-state index < -0.39 is 6.10 Å². The summed E-state index contributed by atoms with van der Waals surface area (Å²) in [6, 6.07) is 11.1. The van der Waals surface area contributed by atoms with E-state index in [2.05, 4.69) is 40.5 Å². The number of nitrogens with zero attached hydrogens (tertiary/aromatic N) is 1. The molecule has 5 heteroatoms. The molecule has 1 aromatic rings. The summed E-state index contributed by atoms with van der Waals surface area (Å²) in [7, 11) is 0.